The molecule has 1 aliphatic carbocycles. The number of hydrogen-bond acceptors (Lipinski definition) is 0. The standard InChI is InChI=1S/C17H26ClSi/c1-15(17-10-6-3-7-11-17)14-19(18)13-12-16-8-4-2-5-9-16/h3,6-7,10-11,15-16H,2,4-5,8-9,12-14H2,1H3. The molecule has 1 fully saturated rings. The van der Waals surface area contributed by atoms with Crippen molar-refractivity contribution in [1.29, 1.82) is 0 Å². The summed E-state index contributed by atoms with van der Waals surface area (Å²) in [7, 11) is -0.662. The van der Waals surface area contributed by atoms with E-state index in [1.165, 1.54) is 56.2 Å². The van der Waals surface area contributed by atoms with Gasteiger partial charge in [0.1, 0.15) is 0 Å². The van der Waals surface area contributed by atoms with Gasteiger partial charge in [-0.2, -0.15) is 11.1 Å². The van der Waals surface area contributed by atoms with Gasteiger partial charge in [-0.1, -0.05) is 75.8 Å². The maximum atomic E-state index is 6.65. The summed E-state index contributed by atoms with van der Waals surface area (Å²) in [5.41, 5.74) is 1.45. The van der Waals surface area contributed by atoms with Crippen LogP contribution in [-0.2, 0) is 0 Å². The molecule has 1 saturated carbocycles. The molecule has 2 heteroatoms. The highest BCUT2D eigenvalue weighted by Crippen LogP contribution is 2.30. The Morgan fingerprint density at radius 3 is 2.53 bits per heavy atom. The first kappa shape index (κ1) is 15.1. The van der Waals surface area contributed by atoms with Crippen molar-refractivity contribution >= 4 is 19.2 Å². The SMILES string of the molecule is CC(C[Si](Cl)CCC1CCCCC1)c1ccccc1. The van der Waals surface area contributed by atoms with Gasteiger partial charge in [-0.25, -0.2) is 0 Å². The summed E-state index contributed by atoms with van der Waals surface area (Å²) in [6.07, 6.45) is 8.67. The average molecular weight is 294 g/mol. The Morgan fingerprint density at radius 1 is 1.16 bits per heavy atom. The topological polar surface area (TPSA) is 0 Å². The monoisotopic (exact) mass is 293 g/mol. The molecule has 0 spiro atoms. The average Bonchev–Trinajstić information content (AvgIpc) is 2.47. The van der Waals surface area contributed by atoms with Gasteiger partial charge in [0.2, 0.25) is 0 Å². The molecule has 1 radical (unpaired) electrons. The minimum absolute atomic E-state index is 0.624. The molecule has 2 rings (SSSR count). The van der Waals surface area contributed by atoms with E-state index in [0.29, 0.717) is 5.92 Å². The molecule has 105 valence electrons. The maximum absolute atomic E-state index is 6.65. The zero-order valence-corrected chi connectivity index (χ0v) is 13.8. The molecule has 1 atom stereocenters. The van der Waals surface area contributed by atoms with E-state index in [1.807, 2.05) is 0 Å². The van der Waals surface area contributed by atoms with Gasteiger partial charge in [0.05, 0.1) is 0 Å². The van der Waals surface area contributed by atoms with Crippen molar-refractivity contribution in [3.8, 4) is 0 Å². The Hall–Kier alpha value is -0.273. The molecule has 19 heavy (non-hydrogen) atoms. The molecular formula is C17H26ClSi. The number of benzene rings is 1. The van der Waals surface area contributed by atoms with Crippen molar-refractivity contribution in [2.45, 2.75) is 63.5 Å². The zero-order chi connectivity index (χ0) is 13.5. The highest BCUT2D eigenvalue weighted by atomic mass is 35.6. The van der Waals surface area contributed by atoms with E-state index in [4.69, 9.17) is 11.1 Å². The van der Waals surface area contributed by atoms with Gasteiger partial charge >= 0.3 is 0 Å². The lowest BCUT2D eigenvalue weighted by Crippen LogP contribution is -2.12. The van der Waals surface area contributed by atoms with Gasteiger partial charge in [-0.15, -0.1) is 0 Å². The van der Waals surface area contributed by atoms with Crippen molar-refractivity contribution in [3.05, 3.63) is 35.9 Å². The van der Waals surface area contributed by atoms with E-state index >= 15 is 0 Å². The fraction of sp³-hybridized carbons (Fsp3) is 0.647. The molecule has 1 aromatic rings. The van der Waals surface area contributed by atoms with Crippen molar-refractivity contribution in [2.24, 2.45) is 5.92 Å². The Kier molecular flexibility index (Phi) is 6.46. The molecule has 1 aromatic carbocycles. The molecule has 0 heterocycles. The molecule has 0 saturated heterocycles. The van der Waals surface area contributed by atoms with Gasteiger partial charge in [0.25, 0.3) is 0 Å². The summed E-state index contributed by atoms with van der Waals surface area (Å²) in [5.74, 6) is 1.61. The van der Waals surface area contributed by atoms with Crippen LogP contribution < -0.4 is 0 Å². The number of hydrogen-bond donors (Lipinski definition) is 0. The lowest BCUT2D eigenvalue weighted by molar-refractivity contribution is 0.349. The van der Waals surface area contributed by atoms with E-state index in [-0.39, 0.29) is 0 Å². The summed E-state index contributed by atoms with van der Waals surface area (Å²) in [4.78, 5) is 0. The Balaban J connectivity index is 1.70. The van der Waals surface area contributed by atoms with Gasteiger partial charge in [0.15, 0.2) is 8.11 Å². The quantitative estimate of drug-likeness (QED) is 0.446. The first-order valence-corrected chi connectivity index (χ1v) is 10.7. The molecule has 0 aromatic heterocycles. The normalized spacial score (nSPS) is 18.7. The van der Waals surface area contributed by atoms with E-state index < -0.39 is 8.11 Å². The third-order valence-corrected chi connectivity index (χ3v) is 7.36. The summed E-state index contributed by atoms with van der Waals surface area (Å²) < 4.78 is 0. The van der Waals surface area contributed by atoms with Crippen LogP contribution in [0.15, 0.2) is 30.3 Å². The van der Waals surface area contributed by atoms with E-state index in [9.17, 15) is 0 Å². The summed E-state index contributed by atoms with van der Waals surface area (Å²) >= 11 is 6.65. The van der Waals surface area contributed by atoms with E-state index in [0.717, 1.165) is 5.92 Å². The lowest BCUT2D eigenvalue weighted by atomic mass is 9.88. The van der Waals surface area contributed by atoms with Crippen LogP contribution in [0.5, 0.6) is 0 Å². The van der Waals surface area contributed by atoms with Gasteiger partial charge in [-0.3, -0.25) is 0 Å². The fourth-order valence-electron chi connectivity index (χ4n) is 3.17. The Morgan fingerprint density at radius 2 is 1.84 bits per heavy atom. The second-order valence-electron chi connectivity index (χ2n) is 6.08. The molecule has 0 bridgehead atoms. The first-order valence-electron chi connectivity index (χ1n) is 7.81. The van der Waals surface area contributed by atoms with Crippen molar-refractivity contribution in [1.82, 2.24) is 0 Å². The number of halogens is 1. The smallest absolute Gasteiger partial charge is 0.166 e. The Bertz CT molecular complexity index is 346. The highest BCUT2D eigenvalue weighted by Gasteiger charge is 2.18. The van der Waals surface area contributed by atoms with E-state index in [1.54, 1.807) is 0 Å². The third-order valence-electron chi connectivity index (χ3n) is 4.44. The van der Waals surface area contributed by atoms with Crippen LogP contribution in [-0.4, -0.2) is 8.11 Å². The molecule has 0 amide bonds. The van der Waals surface area contributed by atoms with Crippen LogP contribution in [0.3, 0.4) is 0 Å². The summed E-state index contributed by atoms with van der Waals surface area (Å²) in [6.45, 7) is 2.32. The highest BCUT2D eigenvalue weighted by molar-refractivity contribution is 7.07. The van der Waals surface area contributed by atoms with Crippen LogP contribution in [0.2, 0.25) is 12.1 Å². The Labute approximate surface area is 124 Å². The molecule has 0 N–H and O–H groups in total. The zero-order valence-electron chi connectivity index (χ0n) is 12.1. The lowest BCUT2D eigenvalue weighted by Gasteiger charge is -2.22. The van der Waals surface area contributed by atoms with Crippen LogP contribution in [0.4, 0.5) is 0 Å². The predicted octanol–water partition coefficient (Wildman–Crippen LogP) is 5.99. The third kappa shape index (κ3) is 5.31. The largest absolute Gasteiger partial charge is 0.169 e. The van der Waals surface area contributed by atoms with Crippen LogP contribution in [0, 0.1) is 5.92 Å². The van der Waals surface area contributed by atoms with Gasteiger partial charge in [0, 0.05) is 0 Å². The molecule has 0 aliphatic heterocycles. The minimum atomic E-state index is -0.662. The maximum Gasteiger partial charge on any atom is 0.166 e. The molecule has 1 aliphatic rings. The van der Waals surface area contributed by atoms with Crippen molar-refractivity contribution in [2.75, 3.05) is 0 Å². The van der Waals surface area contributed by atoms with Crippen LogP contribution in [0.1, 0.15) is 56.9 Å². The fourth-order valence-corrected chi connectivity index (χ4v) is 6.02. The van der Waals surface area contributed by atoms with Crippen molar-refractivity contribution in [3.63, 3.8) is 0 Å². The predicted molar refractivity (Wildman–Crippen MR) is 87.3 cm³/mol. The first-order chi connectivity index (χ1) is 9.25. The van der Waals surface area contributed by atoms with Crippen LogP contribution >= 0.6 is 11.1 Å². The molecular weight excluding hydrogens is 268 g/mol. The van der Waals surface area contributed by atoms with Crippen LogP contribution in [0.25, 0.3) is 0 Å². The minimum Gasteiger partial charge on any atom is -0.169 e. The molecule has 1 unspecified atom stereocenters. The second kappa shape index (κ2) is 8.11. The number of rotatable bonds is 6. The molecule has 0 nitrogen and oxygen atoms in total. The second-order valence-corrected chi connectivity index (χ2v) is 9.62. The van der Waals surface area contributed by atoms with Gasteiger partial charge in [-0.05, 0) is 29.5 Å². The summed E-state index contributed by atoms with van der Waals surface area (Å²) in [6, 6.07) is 13.3. The van der Waals surface area contributed by atoms with Gasteiger partial charge < -0.3 is 0 Å². The van der Waals surface area contributed by atoms with Crippen molar-refractivity contribution < 1.29 is 0 Å². The van der Waals surface area contributed by atoms with E-state index in [2.05, 4.69) is 37.3 Å². The summed E-state index contributed by atoms with van der Waals surface area (Å²) in [5, 5.41) is 0.